The van der Waals surface area contributed by atoms with Crippen molar-refractivity contribution in [2.24, 2.45) is 0 Å². The maximum Gasteiger partial charge on any atom is 0.152 e. The maximum absolute atomic E-state index is 10.7. The minimum absolute atomic E-state index is 0.118. The highest BCUT2D eigenvalue weighted by Crippen LogP contribution is 2.16. The fourth-order valence-corrected chi connectivity index (χ4v) is 1.87. The number of carbonyl (C=O) groups excluding carboxylic acids is 1. The first-order valence-corrected chi connectivity index (χ1v) is 5.14. The van der Waals surface area contributed by atoms with Gasteiger partial charge in [-0.25, -0.2) is 0 Å². The molecule has 0 amide bonds. The quantitative estimate of drug-likeness (QED) is 0.621. The molecule has 1 atom stereocenters. The number of methoxy groups -OCH3 is 1. The minimum atomic E-state index is 0.118. The molecule has 1 aliphatic rings. The first-order chi connectivity index (χ1) is 6.74. The van der Waals surface area contributed by atoms with Gasteiger partial charge in [-0.2, -0.15) is 0 Å². The van der Waals surface area contributed by atoms with Crippen molar-refractivity contribution in [1.29, 1.82) is 0 Å². The third kappa shape index (κ3) is 3.60. The van der Waals surface area contributed by atoms with Gasteiger partial charge in [0.1, 0.15) is 0 Å². The molecule has 3 nitrogen and oxygen atoms in total. The molecule has 3 heteroatoms. The van der Waals surface area contributed by atoms with Gasteiger partial charge in [-0.15, -0.1) is 0 Å². The zero-order valence-corrected chi connectivity index (χ0v) is 9.03. The molecule has 0 spiro atoms. The first kappa shape index (κ1) is 11.4. The second kappa shape index (κ2) is 5.94. The Morgan fingerprint density at radius 2 is 2.43 bits per heavy atom. The summed E-state index contributed by atoms with van der Waals surface area (Å²) in [6.45, 7) is 4.37. The van der Waals surface area contributed by atoms with Crippen LogP contribution in [0, 0.1) is 0 Å². The van der Waals surface area contributed by atoms with Gasteiger partial charge in [0.2, 0.25) is 0 Å². The Hall–Kier alpha value is -0.670. The van der Waals surface area contributed by atoms with E-state index >= 15 is 0 Å². The van der Waals surface area contributed by atoms with Crippen LogP contribution in [0.3, 0.4) is 0 Å². The monoisotopic (exact) mass is 197 g/mol. The molecule has 1 unspecified atom stereocenters. The molecule has 0 bridgehead atoms. The second-order valence-corrected chi connectivity index (χ2v) is 3.76. The highest BCUT2D eigenvalue weighted by molar-refractivity contribution is 5.87. The Morgan fingerprint density at radius 1 is 1.64 bits per heavy atom. The van der Waals surface area contributed by atoms with Gasteiger partial charge >= 0.3 is 0 Å². The average molecular weight is 197 g/mol. The molecule has 80 valence electrons. The summed E-state index contributed by atoms with van der Waals surface area (Å²) < 4.78 is 5.15. The van der Waals surface area contributed by atoms with Gasteiger partial charge in [0.25, 0.3) is 0 Å². The summed E-state index contributed by atoms with van der Waals surface area (Å²) in [5, 5.41) is 0. The predicted octanol–water partition coefficient (Wildman–Crippen LogP) is 1.24. The summed E-state index contributed by atoms with van der Waals surface area (Å²) in [6.07, 6.45) is 6.03. The van der Waals surface area contributed by atoms with Gasteiger partial charge in [-0.3, -0.25) is 9.69 Å². The average Bonchev–Trinajstić information content (AvgIpc) is 2.53. The van der Waals surface area contributed by atoms with Gasteiger partial charge < -0.3 is 4.74 Å². The van der Waals surface area contributed by atoms with Crippen molar-refractivity contribution in [3.8, 4) is 0 Å². The predicted molar refractivity (Wildman–Crippen MR) is 56.3 cm³/mol. The van der Waals surface area contributed by atoms with E-state index in [0.717, 1.165) is 19.7 Å². The van der Waals surface area contributed by atoms with Crippen LogP contribution in [0.1, 0.15) is 19.8 Å². The van der Waals surface area contributed by atoms with Crippen LogP contribution in [0.15, 0.2) is 12.2 Å². The molecule has 1 heterocycles. The van der Waals surface area contributed by atoms with Crippen LogP contribution in [0.4, 0.5) is 0 Å². The number of carbonyl (C=O) groups is 1. The summed E-state index contributed by atoms with van der Waals surface area (Å²) in [4.78, 5) is 13.1. The molecule has 0 aromatic carbocycles. The van der Waals surface area contributed by atoms with E-state index in [1.165, 1.54) is 12.8 Å². The summed E-state index contributed by atoms with van der Waals surface area (Å²) in [6, 6.07) is 0.539. The third-order valence-electron chi connectivity index (χ3n) is 2.55. The zero-order chi connectivity index (χ0) is 10.4. The summed E-state index contributed by atoms with van der Waals surface area (Å²) in [5.41, 5.74) is 0. The van der Waals surface area contributed by atoms with Crippen LogP contribution in [0.2, 0.25) is 0 Å². The smallest absolute Gasteiger partial charge is 0.152 e. The molecule has 1 rings (SSSR count). The number of ketones is 1. The Kier molecular flexibility index (Phi) is 4.84. The molecule has 1 saturated heterocycles. The van der Waals surface area contributed by atoms with Crippen LogP contribution in [-0.4, -0.2) is 43.5 Å². The van der Waals surface area contributed by atoms with E-state index in [4.69, 9.17) is 4.74 Å². The van der Waals surface area contributed by atoms with Crippen molar-refractivity contribution >= 4 is 5.78 Å². The molecule has 14 heavy (non-hydrogen) atoms. The van der Waals surface area contributed by atoms with Crippen LogP contribution in [0.25, 0.3) is 0 Å². The highest BCUT2D eigenvalue weighted by Gasteiger charge is 2.22. The molecule has 0 radical (unpaired) electrons. The Morgan fingerprint density at radius 3 is 3.07 bits per heavy atom. The molecule has 0 N–H and O–H groups in total. The van der Waals surface area contributed by atoms with E-state index in [1.807, 2.05) is 6.08 Å². The Bertz CT molecular complexity index is 213. The van der Waals surface area contributed by atoms with E-state index in [2.05, 4.69) is 4.90 Å². The topological polar surface area (TPSA) is 29.5 Å². The molecular formula is C11H19NO2. The molecule has 0 aliphatic carbocycles. The van der Waals surface area contributed by atoms with Crippen molar-refractivity contribution in [3.05, 3.63) is 12.2 Å². The molecule has 1 fully saturated rings. The lowest BCUT2D eigenvalue weighted by Crippen LogP contribution is -2.32. The number of ether oxygens (including phenoxy) is 1. The van der Waals surface area contributed by atoms with E-state index in [9.17, 15) is 4.79 Å². The van der Waals surface area contributed by atoms with Gasteiger partial charge in [-0.05, 0) is 32.4 Å². The number of hydrogen-bond acceptors (Lipinski definition) is 3. The fraction of sp³-hybridized carbons (Fsp3) is 0.727. The number of rotatable bonds is 5. The lowest BCUT2D eigenvalue weighted by molar-refractivity contribution is -0.112. The fourth-order valence-electron chi connectivity index (χ4n) is 1.87. The zero-order valence-electron chi connectivity index (χ0n) is 9.03. The van der Waals surface area contributed by atoms with Crippen molar-refractivity contribution in [2.75, 3.05) is 26.8 Å². The van der Waals surface area contributed by atoms with Crippen molar-refractivity contribution in [3.63, 3.8) is 0 Å². The largest absolute Gasteiger partial charge is 0.383 e. The van der Waals surface area contributed by atoms with Gasteiger partial charge in [-0.1, -0.05) is 6.08 Å². The highest BCUT2D eigenvalue weighted by atomic mass is 16.5. The molecule has 1 aliphatic heterocycles. The van der Waals surface area contributed by atoms with E-state index in [-0.39, 0.29) is 5.78 Å². The van der Waals surface area contributed by atoms with Gasteiger partial charge in [0.15, 0.2) is 5.78 Å². The molecular weight excluding hydrogens is 178 g/mol. The molecule has 0 aromatic heterocycles. The van der Waals surface area contributed by atoms with Crippen LogP contribution >= 0.6 is 0 Å². The van der Waals surface area contributed by atoms with Crippen molar-refractivity contribution < 1.29 is 9.53 Å². The lowest BCUT2D eigenvalue weighted by atomic mass is 10.2. The van der Waals surface area contributed by atoms with E-state index < -0.39 is 0 Å². The van der Waals surface area contributed by atoms with E-state index in [0.29, 0.717) is 6.04 Å². The van der Waals surface area contributed by atoms with Crippen LogP contribution in [0.5, 0.6) is 0 Å². The van der Waals surface area contributed by atoms with Crippen molar-refractivity contribution in [1.82, 2.24) is 4.90 Å². The van der Waals surface area contributed by atoms with Crippen LogP contribution in [-0.2, 0) is 9.53 Å². The standard InChI is InChI=1S/C11H19NO2/c1-10(13)5-3-7-12-8-4-6-11(12)9-14-2/h3,5,11H,4,6-9H2,1-2H3/b5-3+. The lowest BCUT2D eigenvalue weighted by Gasteiger charge is -2.21. The normalized spacial score (nSPS) is 23.4. The van der Waals surface area contributed by atoms with Crippen LogP contribution < -0.4 is 0 Å². The van der Waals surface area contributed by atoms with Gasteiger partial charge in [0, 0.05) is 19.7 Å². The molecule has 0 aromatic rings. The minimum Gasteiger partial charge on any atom is -0.383 e. The second-order valence-electron chi connectivity index (χ2n) is 3.76. The maximum atomic E-state index is 10.7. The Labute approximate surface area is 85.7 Å². The summed E-state index contributed by atoms with van der Waals surface area (Å²) >= 11 is 0. The number of hydrogen-bond donors (Lipinski definition) is 0. The number of likely N-dealkylation sites (tertiary alicyclic amines) is 1. The summed E-state index contributed by atoms with van der Waals surface area (Å²) in [7, 11) is 1.74. The Balaban J connectivity index is 2.32. The molecule has 0 saturated carbocycles. The van der Waals surface area contributed by atoms with Crippen molar-refractivity contribution in [2.45, 2.75) is 25.8 Å². The number of nitrogens with zero attached hydrogens (tertiary/aromatic N) is 1. The summed E-state index contributed by atoms with van der Waals surface area (Å²) in [5.74, 6) is 0.118. The van der Waals surface area contributed by atoms with E-state index in [1.54, 1.807) is 20.1 Å². The third-order valence-corrected chi connectivity index (χ3v) is 2.55. The van der Waals surface area contributed by atoms with Gasteiger partial charge in [0.05, 0.1) is 6.61 Å². The first-order valence-electron chi connectivity index (χ1n) is 5.14. The number of allylic oxidation sites excluding steroid dienone is 1. The SMILES string of the molecule is COCC1CCCN1C/C=C/C(C)=O.